The van der Waals surface area contributed by atoms with E-state index in [1.54, 1.807) is 0 Å². The molecule has 3 aromatic rings. The Kier molecular flexibility index (Phi) is 15.2. The van der Waals surface area contributed by atoms with Gasteiger partial charge in [0.1, 0.15) is 5.75 Å². The van der Waals surface area contributed by atoms with Crippen LogP contribution < -0.4 is 10.1 Å². The van der Waals surface area contributed by atoms with Crippen LogP contribution in [0, 0.1) is 0 Å². The third kappa shape index (κ3) is 11.1. The van der Waals surface area contributed by atoms with E-state index in [-0.39, 0.29) is 0 Å². The summed E-state index contributed by atoms with van der Waals surface area (Å²) in [6.45, 7) is 13.7. The number of nitrogens with one attached hydrogen (secondary N) is 1. The number of rotatable bonds is 19. The van der Waals surface area contributed by atoms with Gasteiger partial charge in [0.15, 0.2) is 6.73 Å². The Labute approximate surface area is 263 Å². The summed E-state index contributed by atoms with van der Waals surface area (Å²) >= 11 is 0. The largest absolute Gasteiger partial charge is 0.472 e. The van der Waals surface area contributed by atoms with E-state index in [2.05, 4.69) is 107 Å². The molecular formula is C41H57NO. The Balaban J connectivity index is 2.16. The lowest BCUT2D eigenvalue weighted by molar-refractivity contribution is 0.300. The Hall–Kier alpha value is -3.26. The van der Waals surface area contributed by atoms with E-state index < -0.39 is 0 Å². The highest BCUT2D eigenvalue weighted by Gasteiger charge is 2.16. The SMILES string of the molecule is C/C=C/C=C(/C)NCOc1c(-c2cc(CCCC)cc(CCCC)c2)cccc1-c1cc(CCCC)cc(CCCC)c1. The minimum Gasteiger partial charge on any atom is -0.472 e. The molecule has 0 bridgehead atoms. The van der Waals surface area contributed by atoms with Crippen LogP contribution in [0.3, 0.4) is 0 Å². The Morgan fingerprint density at radius 2 is 1.07 bits per heavy atom. The highest BCUT2D eigenvalue weighted by molar-refractivity contribution is 5.83. The number of ether oxygens (including phenoxy) is 1. The first-order valence-corrected chi connectivity index (χ1v) is 17.1. The molecule has 0 aliphatic carbocycles. The van der Waals surface area contributed by atoms with Crippen molar-refractivity contribution in [3.63, 3.8) is 0 Å². The van der Waals surface area contributed by atoms with Gasteiger partial charge in [0, 0.05) is 16.8 Å². The van der Waals surface area contributed by atoms with Crippen molar-refractivity contribution in [3.05, 3.63) is 101 Å². The molecule has 0 spiro atoms. The predicted octanol–water partition coefficient (Wildman–Crippen LogP) is 11.8. The van der Waals surface area contributed by atoms with Gasteiger partial charge in [-0.2, -0.15) is 0 Å². The fraction of sp³-hybridized carbons (Fsp3) is 0.463. The van der Waals surface area contributed by atoms with Crippen molar-refractivity contribution < 1.29 is 4.74 Å². The molecule has 0 radical (unpaired) electrons. The van der Waals surface area contributed by atoms with Gasteiger partial charge in [-0.1, -0.05) is 120 Å². The number of para-hydroxylation sites is 1. The molecule has 0 amide bonds. The molecule has 0 saturated carbocycles. The van der Waals surface area contributed by atoms with Gasteiger partial charge in [-0.15, -0.1) is 0 Å². The summed E-state index contributed by atoms with van der Waals surface area (Å²) in [6.07, 6.45) is 20.4. The first kappa shape index (κ1) is 34.2. The van der Waals surface area contributed by atoms with E-state index in [9.17, 15) is 0 Å². The number of allylic oxidation sites excluding steroid dienone is 4. The van der Waals surface area contributed by atoms with E-state index in [1.807, 2.05) is 13.0 Å². The molecular weight excluding hydrogens is 522 g/mol. The Bertz CT molecular complexity index is 1180. The molecule has 0 unspecified atom stereocenters. The monoisotopic (exact) mass is 579 g/mol. The smallest absolute Gasteiger partial charge is 0.158 e. The average Bonchev–Trinajstić information content (AvgIpc) is 3.03. The summed E-state index contributed by atoms with van der Waals surface area (Å²) in [5, 5.41) is 3.47. The summed E-state index contributed by atoms with van der Waals surface area (Å²) < 4.78 is 6.74. The van der Waals surface area contributed by atoms with Crippen molar-refractivity contribution in [2.45, 2.75) is 119 Å². The van der Waals surface area contributed by atoms with Gasteiger partial charge < -0.3 is 10.1 Å². The van der Waals surface area contributed by atoms with Gasteiger partial charge >= 0.3 is 0 Å². The molecule has 3 rings (SSSR count). The van der Waals surface area contributed by atoms with Gasteiger partial charge in [-0.3, -0.25) is 0 Å². The van der Waals surface area contributed by atoms with Crippen molar-refractivity contribution in [2.75, 3.05) is 6.73 Å². The lowest BCUT2D eigenvalue weighted by Gasteiger charge is -2.20. The van der Waals surface area contributed by atoms with E-state index >= 15 is 0 Å². The molecule has 1 N–H and O–H groups in total. The molecule has 232 valence electrons. The van der Waals surface area contributed by atoms with Crippen LogP contribution in [0.5, 0.6) is 5.75 Å². The molecule has 0 heterocycles. The van der Waals surface area contributed by atoms with Crippen LogP contribution in [-0.4, -0.2) is 6.73 Å². The maximum Gasteiger partial charge on any atom is 0.158 e. The minimum atomic E-state index is 0.417. The van der Waals surface area contributed by atoms with E-state index in [0.717, 1.165) is 37.1 Å². The molecule has 2 nitrogen and oxygen atoms in total. The van der Waals surface area contributed by atoms with Crippen LogP contribution in [0.25, 0.3) is 22.3 Å². The fourth-order valence-electron chi connectivity index (χ4n) is 5.61. The molecule has 0 fully saturated rings. The maximum absolute atomic E-state index is 6.74. The van der Waals surface area contributed by atoms with Crippen LogP contribution >= 0.6 is 0 Å². The summed E-state index contributed by atoms with van der Waals surface area (Å²) in [4.78, 5) is 0. The zero-order chi connectivity index (χ0) is 30.9. The van der Waals surface area contributed by atoms with Gasteiger partial charge in [-0.05, 0) is 105 Å². The molecule has 3 aromatic carbocycles. The van der Waals surface area contributed by atoms with Gasteiger partial charge in [0.25, 0.3) is 0 Å². The number of hydrogen-bond donors (Lipinski definition) is 1. The lowest BCUT2D eigenvalue weighted by atomic mass is 9.91. The first-order valence-electron chi connectivity index (χ1n) is 17.1. The summed E-state index contributed by atoms with van der Waals surface area (Å²) in [5.74, 6) is 0.969. The van der Waals surface area contributed by atoms with Crippen molar-refractivity contribution in [1.82, 2.24) is 5.32 Å². The van der Waals surface area contributed by atoms with E-state index in [4.69, 9.17) is 4.74 Å². The van der Waals surface area contributed by atoms with Crippen LogP contribution in [-0.2, 0) is 25.7 Å². The topological polar surface area (TPSA) is 21.3 Å². The third-order valence-corrected chi connectivity index (χ3v) is 8.12. The van der Waals surface area contributed by atoms with Crippen molar-refractivity contribution >= 4 is 0 Å². The maximum atomic E-state index is 6.74. The third-order valence-electron chi connectivity index (χ3n) is 8.12. The van der Waals surface area contributed by atoms with Crippen molar-refractivity contribution in [3.8, 4) is 28.0 Å². The summed E-state index contributed by atoms with van der Waals surface area (Å²) in [6, 6.07) is 21.2. The highest BCUT2D eigenvalue weighted by atomic mass is 16.5. The second-order valence-electron chi connectivity index (χ2n) is 12.0. The predicted molar refractivity (Wildman–Crippen MR) is 189 cm³/mol. The first-order chi connectivity index (χ1) is 21.0. The fourth-order valence-corrected chi connectivity index (χ4v) is 5.61. The van der Waals surface area contributed by atoms with Crippen LogP contribution in [0.4, 0.5) is 0 Å². The number of unbranched alkanes of at least 4 members (excludes halogenated alkanes) is 4. The quantitative estimate of drug-likeness (QED) is 0.113. The van der Waals surface area contributed by atoms with E-state index in [1.165, 1.54) is 95.9 Å². The van der Waals surface area contributed by atoms with Crippen LogP contribution in [0.15, 0.2) is 78.5 Å². The standard InChI is InChI=1S/C41H57NO/c1-7-12-18-32(6)42-31-43-41-39(37-27-33(19-13-8-2)25-34(28-37)20-14-9-3)23-17-24-40(41)38-29-35(21-15-10-4)26-36(30-38)22-16-11-5/h7,12,17-18,23-30,42H,8-11,13-16,19-22,31H2,1-6H3/b12-7+,32-18-. The number of hydrogen-bond acceptors (Lipinski definition) is 2. The molecule has 0 aliphatic heterocycles. The van der Waals surface area contributed by atoms with Crippen molar-refractivity contribution in [2.24, 2.45) is 0 Å². The molecule has 2 heteroatoms. The van der Waals surface area contributed by atoms with E-state index in [0.29, 0.717) is 6.73 Å². The van der Waals surface area contributed by atoms with Gasteiger partial charge in [-0.25, -0.2) is 0 Å². The zero-order valence-corrected chi connectivity index (χ0v) is 28.0. The highest BCUT2D eigenvalue weighted by Crippen LogP contribution is 2.41. The van der Waals surface area contributed by atoms with Crippen molar-refractivity contribution in [1.29, 1.82) is 0 Å². The second-order valence-corrected chi connectivity index (χ2v) is 12.0. The summed E-state index contributed by atoms with van der Waals surface area (Å²) in [5.41, 5.74) is 11.7. The van der Waals surface area contributed by atoms with Gasteiger partial charge in [0.2, 0.25) is 0 Å². The molecule has 0 atom stereocenters. The Morgan fingerprint density at radius 3 is 1.44 bits per heavy atom. The molecule has 43 heavy (non-hydrogen) atoms. The normalized spacial score (nSPS) is 11.8. The van der Waals surface area contributed by atoms with Gasteiger partial charge in [0.05, 0.1) is 0 Å². The minimum absolute atomic E-state index is 0.417. The second kappa shape index (κ2) is 19.1. The van der Waals surface area contributed by atoms with Crippen LogP contribution in [0.2, 0.25) is 0 Å². The molecule has 0 aromatic heterocycles. The lowest BCUT2D eigenvalue weighted by Crippen LogP contribution is -2.18. The number of aryl methyl sites for hydroxylation is 4. The summed E-state index contributed by atoms with van der Waals surface area (Å²) in [7, 11) is 0. The molecule has 0 saturated heterocycles. The molecule has 0 aliphatic rings. The van der Waals surface area contributed by atoms with Crippen LogP contribution in [0.1, 0.15) is 115 Å². The Morgan fingerprint density at radius 1 is 0.651 bits per heavy atom. The average molecular weight is 580 g/mol. The number of benzene rings is 3. The zero-order valence-electron chi connectivity index (χ0n) is 28.0.